The minimum absolute atomic E-state index is 0.275. The van der Waals surface area contributed by atoms with Crippen LogP contribution in [0.15, 0.2) is 71.1 Å². The van der Waals surface area contributed by atoms with Gasteiger partial charge >= 0.3 is 5.97 Å². The Morgan fingerprint density at radius 1 is 1.05 bits per heavy atom. The molecule has 4 aromatic rings. The first-order valence-corrected chi connectivity index (χ1v) is 15.0. The van der Waals surface area contributed by atoms with Crippen LogP contribution in [-0.4, -0.2) is 35.3 Å². The van der Waals surface area contributed by atoms with Crippen molar-refractivity contribution in [1.29, 1.82) is 0 Å². The number of para-hydroxylation sites is 1. The predicted molar refractivity (Wildman–Crippen MR) is 163 cm³/mol. The SMILES string of the molecule is COCc1cc2cc(COc3ccccc3CCOC(C)=O)cc(-c3cccc(C(CF)N[S@](=O)C(C)(C)C)c3)c2o1. The predicted octanol–water partition coefficient (Wildman–Crippen LogP) is 6.99. The van der Waals surface area contributed by atoms with E-state index in [0.29, 0.717) is 35.7 Å². The third-order valence-corrected chi connectivity index (χ3v) is 8.23. The fourth-order valence-corrected chi connectivity index (χ4v) is 5.33. The summed E-state index contributed by atoms with van der Waals surface area (Å²) in [7, 11) is 0.177. The van der Waals surface area contributed by atoms with E-state index in [0.717, 1.165) is 27.6 Å². The number of nitrogens with one attached hydrogen (secondary N) is 1. The minimum Gasteiger partial charge on any atom is -0.489 e. The summed E-state index contributed by atoms with van der Waals surface area (Å²) in [6, 6.07) is 20.5. The minimum atomic E-state index is -1.44. The highest BCUT2D eigenvalue weighted by Crippen LogP contribution is 2.35. The molecule has 224 valence electrons. The summed E-state index contributed by atoms with van der Waals surface area (Å²) < 4.78 is 52.1. The van der Waals surface area contributed by atoms with E-state index >= 15 is 0 Å². The van der Waals surface area contributed by atoms with Crippen LogP contribution in [-0.2, 0) is 44.9 Å². The van der Waals surface area contributed by atoms with Crippen LogP contribution in [0.3, 0.4) is 0 Å². The van der Waals surface area contributed by atoms with E-state index < -0.39 is 28.4 Å². The fraction of sp³-hybridized carbons (Fsp3) is 0.364. The summed E-state index contributed by atoms with van der Waals surface area (Å²) in [4.78, 5) is 11.2. The summed E-state index contributed by atoms with van der Waals surface area (Å²) in [5.41, 5.74) is 4.89. The molecule has 0 radical (unpaired) electrons. The van der Waals surface area contributed by atoms with Gasteiger partial charge < -0.3 is 18.6 Å². The first-order valence-electron chi connectivity index (χ1n) is 13.8. The third kappa shape index (κ3) is 8.06. The molecule has 0 aliphatic carbocycles. The van der Waals surface area contributed by atoms with E-state index in [4.69, 9.17) is 18.6 Å². The lowest BCUT2D eigenvalue weighted by Crippen LogP contribution is -2.36. The largest absolute Gasteiger partial charge is 0.489 e. The van der Waals surface area contributed by atoms with E-state index in [-0.39, 0.29) is 19.2 Å². The van der Waals surface area contributed by atoms with Crippen LogP contribution in [0.4, 0.5) is 4.39 Å². The highest BCUT2D eigenvalue weighted by atomic mass is 32.2. The lowest BCUT2D eigenvalue weighted by molar-refractivity contribution is -0.140. The number of hydrogen-bond donors (Lipinski definition) is 1. The number of halogens is 1. The van der Waals surface area contributed by atoms with Crippen LogP contribution < -0.4 is 9.46 Å². The van der Waals surface area contributed by atoms with Crippen molar-refractivity contribution in [3.05, 3.63) is 89.2 Å². The molecule has 1 unspecified atom stereocenters. The van der Waals surface area contributed by atoms with Gasteiger partial charge in [-0.2, -0.15) is 0 Å². The Hall–Kier alpha value is -3.53. The molecule has 2 atom stereocenters. The quantitative estimate of drug-likeness (QED) is 0.168. The molecule has 1 heterocycles. The smallest absolute Gasteiger partial charge is 0.302 e. The molecule has 0 aliphatic heterocycles. The molecular weight excluding hydrogens is 557 g/mol. The van der Waals surface area contributed by atoms with Gasteiger partial charge in [0.05, 0.1) is 28.4 Å². The first kappa shape index (κ1) is 31.4. The zero-order valence-corrected chi connectivity index (χ0v) is 25.5. The van der Waals surface area contributed by atoms with Crippen molar-refractivity contribution in [3.8, 4) is 16.9 Å². The van der Waals surface area contributed by atoms with Crippen LogP contribution in [0.5, 0.6) is 5.75 Å². The Balaban J connectivity index is 1.66. The number of rotatable bonds is 13. The molecule has 0 amide bonds. The number of esters is 1. The van der Waals surface area contributed by atoms with Crippen LogP contribution in [0.25, 0.3) is 22.1 Å². The second kappa shape index (κ2) is 14.1. The molecule has 7 nitrogen and oxygen atoms in total. The molecule has 0 spiro atoms. The van der Waals surface area contributed by atoms with Crippen LogP contribution >= 0.6 is 0 Å². The molecule has 4 rings (SSSR count). The van der Waals surface area contributed by atoms with Gasteiger partial charge in [0.1, 0.15) is 37.0 Å². The molecule has 9 heteroatoms. The van der Waals surface area contributed by atoms with Gasteiger partial charge in [-0.15, -0.1) is 0 Å². The van der Waals surface area contributed by atoms with Gasteiger partial charge in [-0.05, 0) is 73.4 Å². The van der Waals surface area contributed by atoms with Crippen LogP contribution in [0.1, 0.15) is 56.2 Å². The molecule has 1 aromatic heterocycles. The van der Waals surface area contributed by atoms with E-state index in [1.54, 1.807) is 7.11 Å². The molecule has 0 saturated heterocycles. The molecule has 3 aromatic carbocycles. The maximum atomic E-state index is 14.2. The van der Waals surface area contributed by atoms with E-state index in [1.165, 1.54) is 6.92 Å². The van der Waals surface area contributed by atoms with Gasteiger partial charge in [0.25, 0.3) is 0 Å². The molecule has 1 N–H and O–H groups in total. The maximum absolute atomic E-state index is 14.2. The van der Waals surface area contributed by atoms with Crippen molar-refractivity contribution < 1.29 is 32.0 Å². The zero-order valence-electron chi connectivity index (χ0n) is 24.7. The second-order valence-electron chi connectivity index (χ2n) is 11.0. The first-order chi connectivity index (χ1) is 20.1. The number of methoxy groups -OCH3 is 1. The fourth-order valence-electron chi connectivity index (χ4n) is 4.51. The lowest BCUT2D eigenvalue weighted by Gasteiger charge is -2.23. The number of carbonyl (C=O) groups is 1. The van der Waals surface area contributed by atoms with Crippen molar-refractivity contribution in [2.75, 3.05) is 20.4 Å². The molecular formula is C33H38FNO6S. The summed E-state index contributed by atoms with van der Waals surface area (Å²) in [5, 5.41) is 0.890. The van der Waals surface area contributed by atoms with Gasteiger partial charge in [0, 0.05) is 31.4 Å². The molecule has 0 fully saturated rings. The number of ether oxygens (including phenoxy) is 3. The van der Waals surface area contributed by atoms with E-state index in [2.05, 4.69) is 4.72 Å². The lowest BCUT2D eigenvalue weighted by atomic mass is 9.97. The monoisotopic (exact) mass is 595 g/mol. The topological polar surface area (TPSA) is 87.0 Å². The Morgan fingerprint density at radius 3 is 2.55 bits per heavy atom. The Kier molecular flexibility index (Phi) is 10.5. The van der Waals surface area contributed by atoms with Crippen molar-refractivity contribution in [3.63, 3.8) is 0 Å². The van der Waals surface area contributed by atoms with E-state index in [1.807, 2.05) is 87.5 Å². The molecule has 0 saturated carbocycles. The number of carbonyl (C=O) groups excluding carboxylic acids is 1. The van der Waals surface area contributed by atoms with Gasteiger partial charge in [-0.3, -0.25) is 4.79 Å². The number of fused-ring (bicyclic) bond motifs is 1. The van der Waals surface area contributed by atoms with Gasteiger partial charge in [-0.1, -0.05) is 36.4 Å². The van der Waals surface area contributed by atoms with Crippen LogP contribution in [0, 0.1) is 0 Å². The Bertz CT molecular complexity index is 1540. The summed E-state index contributed by atoms with van der Waals surface area (Å²) >= 11 is 0. The highest BCUT2D eigenvalue weighted by molar-refractivity contribution is 7.84. The van der Waals surface area contributed by atoms with Crippen molar-refractivity contribution in [1.82, 2.24) is 4.72 Å². The second-order valence-corrected chi connectivity index (χ2v) is 13.0. The maximum Gasteiger partial charge on any atom is 0.302 e. The van der Waals surface area contributed by atoms with Crippen LogP contribution in [0.2, 0.25) is 0 Å². The Labute approximate surface area is 248 Å². The summed E-state index contributed by atoms with van der Waals surface area (Å²) in [6.07, 6.45) is 0.540. The molecule has 0 aliphatic rings. The van der Waals surface area contributed by atoms with Gasteiger partial charge in [0.2, 0.25) is 0 Å². The number of hydrogen-bond acceptors (Lipinski definition) is 6. The normalized spacial score (nSPS) is 13.2. The highest BCUT2D eigenvalue weighted by Gasteiger charge is 2.24. The number of furan rings is 1. The van der Waals surface area contributed by atoms with Gasteiger partial charge in [-0.25, -0.2) is 13.3 Å². The van der Waals surface area contributed by atoms with E-state index in [9.17, 15) is 13.4 Å². The molecule has 0 bridgehead atoms. The number of benzene rings is 3. The van der Waals surface area contributed by atoms with Gasteiger partial charge in [0.15, 0.2) is 0 Å². The summed E-state index contributed by atoms with van der Waals surface area (Å²) in [5.74, 6) is 1.08. The third-order valence-electron chi connectivity index (χ3n) is 6.62. The van der Waals surface area contributed by atoms with Crippen molar-refractivity contribution in [2.45, 2.75) is 58.1 Å². The average molecular weight is 596 g/mol. The van der Waals surface area contributed by atoms with Crippen molar-refractivity contribution >= 4 is 27.9 Å². The zero-order chi connectivity index (χ0) is 30.3. The molecule has 42 heavy (non-hydrogen) atoms. The summed E-state index contributed by atoms with van der Waals surface area (Å²) in [6.45, 7) is 7.11. The standard InChI is InChI=1S/C33H38FNO6S/c1-22(36)39-14-13-24-9-6-7-12-31(24)40-20-23-15-27-18-28(21-38-5)41-32(27)29(16-23)25-10-8-11-26(17-25)30(19-34)35-42(37)33(2,3)4/h6-12,15-18,30,35H,13-14,19-21H2,1-5H3/t30?,42-/m1/s1. The Morgan fingerprint density at radius 2 is 1.83 bits per heavy atom. The average Bonchev–Trinajstić information content (AvgIpc) is 3.36. The number of alkyl halides is 1. The van der Waals surface area contributed by atoms with Crippen molar-refractivity contribution in [2.24, 2.45) is 0 Å².